The van der Waals surface area contributed by atoms with E-state index < -0.39 is 17.6 Å². The first kappa shape index (κ1) is 26.2. The van der Waals surface area contributed by atoms with Crippen LogP contribution in [-0.2, 0) is 9.53 Å². The first-order chi connectivity index (χ1) is 16.4. The number of halogens is 1. The van der Waals surface area contributed by atoms with E-state index in [1.807, 2.05) is 0 Å². The summed E-state index contributed by atoms with van der Waals surface area (Å²) in [5, 5.41) is 5.89. The summed E-state index contributed by atoms with van der Waals surface area (Å²) in [5.41, 5.74) is 0.161. The van der Waals surface area contributed by atoms with Gasteiger partial charge in [-0.25, -0.2) is 9.78 Å². The zero-order valence-corrected chi connectivity index (χ0v) is 20.9. The Bertz CT molecular complexity index is 1120. The maximum atomic E-state index is 13.0. The van der Waals surface area contributed by atoms with E-state index in [1.54, 1.807) is 43.9 Å². The number of rotatable bonds is 5. The SMILES string of the molecule is CC(=O)c1ccc(NC(=O)C2CCN(C(=O)OC(C)(C)C)CC2)c(C(=O)Nc2ccc(Cl)cn2)c1. The number of piperidine rings is 1. The molecular weight excluding hydrogens is 472 g/mol. The van der Waals surface area contributed by atoms with Gasteiger partial charge in [0.1, 0.15) is 11.4 Å². The van der Waals surface area contributed by atoms with E-state index in [1.165, 1.54) is 25.3 Å². The van der Waals surface area contributed by atoms with Gasteiger partial charge < -0.3 is 20.3 Å². The summed E-state index contributed by atoms with van der Waals surface area (Å²) in [4.78, 5) is 55.8. The Kier molecular flexibility index (Phi) is 8.11. The third-order valence-electron chi connectivity index (χ3n) is 5.42. The van der Waals surface area contributed by atoms with Gasteiger partial charge in [-0.05, 0) is 70.9 Å². The van der Waals surface area contributed by atoms with Crippen LogP contribution in [0.15, 0.2) is 36.5 Å². The van der Waals surface area contributed by atoms with Crippen molar-refractivity contribution in [2.75, 3.05) is 23.7 Å². The summed E-state index contributed by atoms with van der Waals surface area (Å²) >= 11 is 5.84. The lowest BCUT2D eigenvalue weighted by Gasteiger charge is -2.33. The second-order valence-electron chi connectivity index (χ2n) is 9.36. The van der Waals surface area contributed by atoms with Gasteiger partial charge in [0.25, 0.3) is 5.91 Å². The molecular formula is C25H29ClN4O5. The average molecular weight is 501 g/mol. The van der Waals surface area contributed by atoms with Crippen LogP contribution in [-0.4, -0.2) is 52.3 Å². The van der Waals surface area contributed by atoms with Gasteiger partial charge in [0.2, 0.25) is 5.91 Å². The summed E-state index contributed by atoms with van der Waals surface area (Å²) in [5.74, 6) is -1.06. The number of nitrogens with zero attached hydrogens (tertiary/aromatic N) is 2. The number of aromatic nitrogens is 1. The maximum absolute atomic E-state index is 13.0. The number of benzene rings is 1. The molecule has 0 spiro atoms. The Balaban J connectivity index is 1.70. The second-order valence-corrected chi connectivity index (χ2v) is 9.80. The minimum atomic E-state index is -0.587. The van der Waals surface area contributed by atoms with Crippen molar-refractivity contribution < 1.29 is 23.9 Å². The van der Waals surface area contributed by atoms with Gasteiger partial charge in [0, 0.05) is 30.8 Å². The molecule has 2 heterocycles. The van der Waals surface area contributed by atoms with E-state index in [-0.39, 0.29) is 34.7 Å². The summed E-state index contributed by atoms with van der Waals surface area (Å²) in [6.45, 7) is 7.60. The van der Waals surface area contributed by atoms with Crippen molar-refractivity contribution >= 4 is 46.8 Å². The van der Waals surface area contributed by atoms with Crippen LogP contribution >= 0.6 is 11.6 Å². The highest BCUT2D eigenvalue weighted by molar-refractivity contribution is 6.30. The first-order valence-electron chi connectivity index (χ1n) is 11.3. The standard InChI is InChI=1S/C25H29ClN4O5/c1-15(31)17-5-7-20(19(13-17)23(33)29-21-8-6-18(26)14-27-21)28-22(32)16-9-11-30(12-10-16)24(34)35-25(2,3)4/h5-8,13-14,16H,9-12H2,1-4H3,(H,28,32)(H,27,29,33). The fraction of sp³-hybridized carbons (Fsp3) is 0.400. The van der Waals surface area contributed by atoms with Gasteiger partial charge in [0.15, 0.2) is 5.78 Å². The molecule has 9 nitrogen and oxygen atoms in total. The Labute approximate surface area is 209 Å². The van der Waals surface area contributed by atoms with E-state index in [4.69, 9.17) is 16.3 Å². The lowest BCUT2D eigenvalue weighted by Crippen LogP contribution is -2.43. The molecule has 35 heavy (non-hydrogen) atoms. The van der Waals surface area contributed by atoms with Gasteiger partial charge in [-0.1, -0.05) is 11.6 Å². The molecule has 2 aromatic rings. The number of pyridine rings is 1. The number of likely N-dealkylation sites (tertiary alicyclic amines) is 1. The van der Waals surface area contributed by atoms with Crippen molar-refractivity contribution in [3.8, 4) is 0 Å². The molecule has 0 atom stereocenters. The van der Waals surface area contributed by atoms with Crippen LogP contribution in [0.1, 0.15) is 61.3 Å². The maximum Gasteiger partial charge on any atom is 0.410 e. The Hall–Kier alpha value is -3.46. The van der Waals surface area contributed by atoms with Crippen LogP contribution in [0.4, 0.5) is 16.3 Å². The number of hydrogen-bond acceptors (Lipinski definition) is 6. The zero-order valence-electron chi connectivity index (χ0n) is 20.2. The monoisotopic (exact) mass is 500 g/mol. The van der Waals surface area contributed by atoms with Crippen molar-refractivity contribution in [2.45, 2.75) is 46.1 Å². The fourth-order valence-corrected chi connectivity index (χ4v) is 3.69. The molecule has 3 amide bonds. The number of ether oxygens (including phenoxy) is 1. The van der Waals surface area contributed by atoms with Crippen molar-refractivity contribution in [3.05, 3.63) is 52.7 Å². The van der Waals surface area contributed by atoms with Crippen LogP contribution < -0.4 is 10.6 Å². The molecule has 0 aliphatic carbocycles. The lowest BCUT2D eigenvalue weighted by molar-refractivity contribution is -0.121. The predicted octanol–water partition coefficient (Wildman–Crippen LogP) is 4.78. The smallest absolute Gasteiger partial charge is 0.410 e. The molecule has 0 radical (unpaired) electrons. The van der Waals surface area contributed by atoms with Crippen LogP contribution in [0.2, 0.25) is 5.02 Å². The molecule has 1 saturated heterocycles. The number of amides is 3. The molecule has 0 bridgehead atoms. The molecule has 10 heteroatoms. The quantitative estimate of drug-likeness (QED) is 0.571. The third kappa shape index (κ3) is 7.26. The third-order valence-corrected chi connectivity index (χ3v) is 5.64. The minimum Gasteiger partial charge on any atom is -0.444 e. The molecule has 186 valence electrons. The Morgan fingerprint density at radius 1 is 1.06 bits per heavy atom. The summed E-state index contributed by atoms with van der Waals surface area (Å²) in [6.07, 6.45) is 1.93. The highest BCUT2D eigenvalue weighted by Gasteiger charge is 2.30. The largest absolute Gasteiger partial charge is 0.444 e. The molecule has 1 fully saturated rings. The lowest BCUT2D eigenvalue weighted by atomic mass is 9.95. The van der Waals surface area contributed by atoms with Crippen LogP contribution in [0.3, 0.4) is 0 Å². The van der Waals surface area contributed by atoms with E-state index in [2.05, 4.69) is 15.6 Å². The highest BCUT2D eigenvalue weighted by atomic mass is 35.5. The van der Waals surface area contributed by atoms with Gasteiger partial charge in [-0.15, -0.1) is 0 Å². The molecule has 1 aliphatic heterocycles. The van der Waals surface area contributed by atoms with E-state index >= 15 is 0 Å². The molecule has 3 rings (SSSR count). The number of nitrogens with one attached hydrogen (secondary N) is 2. The van der Waals surface area contributed by atoms with Crippen molar-refractivity contribution in [3.63, 3.8) is 0 Å². The fourth-order valence-electron chi connectivity index (χ4n) is 3.58. The molecule has 1 aliphatic rings. The Morgan fingerprint density at radius 3 is 2.31 bits per heavy atom. The zero-order chi connectivity index (χ0) is 25.8. The first-order valence-corrected chi connectivity index (χ1v) is 11.7. The van der Waals surface area contributed by atoms with E-state index in [9.17, 15) is 19.2 Å². The molecule has 0 saturated carbocycles. The summed E-state index contributed by atoms with van der Waals surface area (Å²) in [7, 11) is 0. The minimum absolute atomic E-state index is 0.133. The van der Waals surface area contributed by atoms with E-state index in [0.29, 0.717) is 36.5 Å². The second kappa shape index (κ2) is 10.9. The molecule has 0 unspecified atom stereocenters. The summed E-state index contributed by atoms with van der Waals surface area (Å²) in [6, 6.07) is 7.66. The number of hydrogen-bond donors (Lipinski definition) is 2. The average Bonchev–Trinajstić information content (AvgIpc) is 2.79. The molecule has 1 aromatic carbocycles. The summed E-state index contributed by atoms with van der Waals surface area (Å²) < 4.78 is 5.40. The molecule has 2 N–H and O–H groups in total. The highest BCUT2D eigenvalue weighted by Crippen LogP contribution is 2.24. The number of carbonyl (C=O) groups excluding carboxylic acids is 4. The van der Waals surface area contributed by atoms with Gasteiger partial charge in [-0.2, -0.15) is 0 Å². The predicted molar refractivity (Wildman–Crippen MR) is 133 cm³/mol. The number of Topliss-reactive ketones (excluding diaryl/α,β-unsaturated/α-hetero) is 1. The number of ketones is 1. The number of carbonyl (C=O) groups is 4. The van der Waals surface area contributed by atoms with Crippen LogP contribution in [0.25, 0.3) is 0 Å². The molecule has 1 aromatic heterocycles. The normalized spacial score (nSPS) is 14.3. The van der Waals surface area contributed by atoms with Gasteiger partial charge >= 0.3 is 6.09 Å². The van der Waals surface area contributed by atoms with E-state index in [0.717, 1.165) is 0 Å². The van der Waals surface area contributed by atoms with Gasteiger partial charge in [-0.3, -0.25) is 14.4 Å². The Morgan fingerprint density at radius 2 is 1.74 bits per heavy atom. The van der Waals surface area contributed by atoms with Crippen molar-refractivity contribution in [1.82, 2.24) is 9.88 Å². The van der Waals surface area contributed by atoms with Crippen molar-refractivity contribution in [2.24, 2.45) is 5.92 Å². The van der Waals surface area contributed by atoms with Crippen LogP contribution in [0.5, 0.6) is 0 Å². The van der Waals surface area contributed by atoms with Crippen molar-refractivity contribution in [1.29, 1.82) is 0 Å². The van der Waals surface area contributed by atoms with Gasteiger partial charge in [0.05, 0.1) is 16.3 Å². The number of anilines is 2. The van der Waals surface area contributed by atoms with Crippen LogP contribution in [0, 0.1) is 5.92 Å². The topological polar surface area (TPSA) is 118 Å².